The van der Waals surface area contributed by atoms with Crippen molar-refractivity contribution in [2.75, 3.05) is 6.54 Å². The van der Waals surface area contributed by atoms with Gasteiger partial charge in [0.05, 0.1) is 6.54 Å². The second-order valence-corrected chi connectivity index (χ2v) is 5.14. The smallest absolute Gasteiger partial charge is 0.329 e. The monoisotopic (exact) mass is 280 g/mol. The van der Waals surface area contributed by atoms with Crippen molar-refractivity contribution >= 4 is 11.9 Å². The Labute approximate surface area is 117 Å². The van der Waals surface area contributed by atoms with E-state index in [0.29, 0.717) is 25.9 Å². The van der Waals surface area contributed by atoms with Crippen molar-refractivity contribution in [1.29, 1.82) is 0 Å². The number of aryl methyl sites for hydroxylation is 1. The van der Waals surface area contributed by atoms with Crippen molar-refractivity contribution in [3.63, 3.8) is 0 Å². The third kappa shape index (κ3) is 2.66. The topological polar surface area (TPSA) is 88.3 Å². The molecule has 1 unspecified atom stereocenters. The van der Waals surface area contributed by atoms with E-state index in [1.54, 1.807) is 15.9 Å². The van der Waals surface area contributed by atoms with E-state index in [4.69, 9.17) is 0 Å². The molecule has 1 aliphatic heterocycles. The van der Waals surface area contributed by atoms with Crippen LogP contribution in [-0.2, 0) is 16.1 Å². The minimum atomic E-state index is -1.01. The molecule has 1 saturated heterocycles. The van der Waals surface area contributed by atoms with Gasteiger partial charge in [0.1, 0.15) is 18.2 Å². The van der Waals surface area contributed by atoms with Gasteiger partial charge in [0.15, 0.2) is 0 Å². The van der Waals surface area contributed by atoms with E-state index in [2.05, 4.69) is 10.1 Å². The van der Waals surface area contributed by atoms with Crippen molar-refractivity contribution in [1.82, 2.24) is 19.7 Å². The van der Waals surface area contributed by atoms with Crippen molar-refractivity contribution in [2.24, 2.45) is 0 Å². The van der Waals surface area contributed by atoms with Crippen LogP contribution in [0.4, 0.5) is 0 Å². The van der Waals surface area contributed by atoms with Crippen LogP contribution in [-0.4, -0.2) is 48.7 Å². The van der Waals surface area contributed by atoms with Gasteiger partial charge in [-0.1, -0.05) is 13.3 Å². The summed E-state index contributed by atoms with van der Waals surface area (Å²) in [6.07, 6.45) is 5.78. The van der Waals surface area contributed by atoms with E-state index >= 15 is 0 Å². The fourth-order valence-corrected chi connectivity index (χ4v) is 2.94. The molecule has 1 fully saturated rings. The summed E-state index contributed by atoms with van der Waals surface area (Å²) < 4.78 is 1.58. The number of amides is 1. The first-order valence-electron chi connectivity index (χ1n) is 6.96. The highest BCUT2D eigenvalue weighted by Gasteiger charge is 2.48. The van der Waals surface area contributed by atoms with Crippen molar-refractivity contribution < 1.29 is 14.7 Å². The fraction of sp³-hybridized carbons (Fsp3) is 0.692. The maximum Gasteiger partial charge on any atom is 0.329 e. The molecule has 0 radical (unpaired) electrons. The number of carbonyl (C=O) groups excluding carboxylic acids is 1. The zero-order chi connectivity index (χ0) is 14.6. The lowest BCUT2D eigenvalue weighted by Gasteiger charge is -2.34. The van der Waals surface area contributed by atoms with Gasteiger partial charge in [0.2, 0.25) is 5.91 Å². The molecule has 2 heterocycles. The van der Waals surface area contributed by atoms with Crippen LogP contribution < -0.4 is 0 Å². The van der Waals surface area contributed by atoms with E-state index < -0.39 is 11.5 Å². The molecule has 1 aromatic heterocycles. The Bertz CT molecular complexity index is 474. The number of carboxylic acid groups (broad SMARTS) is 1. The van der Waals surface area contributed by atoms with Crippen LogP contribution in [0.3, 0.4) is 0 Å². The maximum atomic E-state index is 12.3. The Kier molecular flexibility index (Phi) is 4.36. The average Bonchev–Trinajstić information content (AvgIpc) is 3.06. The Hall–Kier alpha value is -1.92. The largest absolute Gasteiger partial charge is 0.479 e. The highest BCUT2D eigenvalue weighted by atomic mass is 16.4. The SMILES string of the molecule is CCCC1(C(=O)O)CCCN1C(=O)CCn1cncn1. The zero-order valence-corrected chi connectivity index (χ0v) is 11.7. The Morgan fingerprint density at radius 3 is 2.85 bits per heavy atom. The van der Waals surface area contributed by atoms with E-state index in [1.807, 2.05) is 6.92 Å². The summed E-state index contributed by atoms with van der Waals surface area (Å²) in [5.41, 5.74) is -1.01. The molecule has 110 valence electrons. The molecule has 1 N–H and O–H groups in total. The number of aromatic nitrogens is 3. The number of carbonyl (C=O) groups is 2. The summed E-state index contributed by atoms with van der Waals surface area (Å²) in [4.78, 5) is 29.3. The van der Waals surface area contributed by atoms with Gasteiger partial charge in [0, 0.05) is 13.0 Å². The van der Waals surface area contributed by atoms with Gasteiger partial charge in [-0.05, 0) is 19.3 Å². The van der Waals surface area contributed by atoms with Crippen LogP contribution >= 0.6 is 0 Å². The molecular weight excluding hydrogens is 260 g/mol. The number of carboxylic acids is 1. The maximum absolute atomic E-state index is 12.3. The fourth-order valence-electron chi connectivity index (χ4n) is 2.94. The molecule has 1 aromatic rings. The molecule has 2 rings (SSSR count). The molecule has 0 aliphatic carbocycles. The third-order valence-corrected chi connectivity index (χ3v) is 3.87. The summed E-state index contributed by atoms with van der Waals surface area (Å²) in [5, 5.41) is 13.5. The third-order valence-electron chi connectivity index (χ3n) is 3.87. The van der Waals surface area contributed by atoms with Gasteiger partial charge in [-0.2, -0.15) is 5.10 Å². The highest BCUT2D eigenvalue weighted by Crippen LogP contribution is 2.34. The number of rotatable bonds is 6. The van der Waals surface area contributed by atoms with E-state index in [-0.39, 0.29) is 12.3 Å². The minimum Gasteiger partial charge on any atom is -0.479 e. The van der Waals surface area contributed by atoms with Gasteiger partial charge in [0.25, 0.3) is 0 Å². The Morgan fingerprint density at radius 1 is 1.45 bits per heavy atom. The molecule has 0 aromatic carbocycles. The van der Waals surface area contributed by atoms with Gasteiger partial charge in [-0.3, -0.25) is 9.48 Å². The van der Waals surface area contributed by atoms with Crippen molar-refractivity contribution in [2.45, 2.75) is 51.1 Å². The lowest BCUT2D eigenvalue weighted by atomic mass is 9.90. The summed E-state index contributed by atoms with van der Waals surface area (Å²) in [5.74, 6) is -1.00. The molecule has 0 bridgehead atoms. The first-order chi connectivity index (χ1) is 9.60. The van der Waals surface area contributed by atoms with Crippen LogP contribution in [0.1, 0.15) is 39.0 Å². The quantitative estimate of drug-likeness (QED) is 0.837. The number of aliphatic carboxylic acids is 1. The molecule has 20 heavy (non-hydrogen) atoms. The second-order valence-electron chi connectivity index (χ2n) is 5.14. The van der Waals surface area contributed by atoms with E-state index in [0.717, 1.165) is 12.8 Å². The van der Waals surface area contributed by atoms with Crippen LogP contribution in [0.2, 0.25) is 0 Å². The predicted molar refractivity (Wildman–Crippen MR) is 70.9 cm³/mol. The Morgan fingerprint density at radius 2 is 2.25 bits per heavy atom. The van der Waals surface area contributed by atoms with Crippen LogP contribution in [0, 0.1) is 0 Å². The molecule has 0 spiro atoms. The molecule has 1 aliphatic rings. The van der Waals surface area contributed by atoms with Crippen molar-refractivity contribution in [3.05, 3.63) is 12.7 Å². The van der Waals surface area contributed by atoms with Gasteiger partial charge < -0.3 is 10.0 Å². The molecule has 7 nitrogen and oxygen atoms in total. The van der Waals surface area contributed by atoms with E-state index in [9.17, 15) is 14.7 Å². The second kappa shape index (κ2) is 6.02. The number of likely N-dealkylation sites (tertiary alicyclic amines) is 1. The van der Waals surface area contributed by atoms with Gasteiger partial charge in [-0.15, -0.1) is 0 Å². The highest BCUT2D eigenvalue weighted by molar-refractivity contribution is 5.87. The number of nitrogens with zero attached hydrogens (tertiary/aromatic N) is 4. The normalized spacial score (nSPS) is 22.1. The van der Waals surface area contributed by atoms with Gasteiger partial charge >= 0.3 is 5.97 Å². The van der Waals surface area contributed by atoms with Gasteiger partial charge in [-0.25, -0.2) is 9.78 Å². The molecule has 1 amide bonds. The summed E-state index contributed by atoms with van der Waals surface area (Å²) in [6, 6.07) is 0. The average molecular weight is 280 g/mol. The molecule has 0 saturated carbocycles. The molecule has 7 heteroatoms. The van der Waals surface area contributed by atoms with Crippen LogP contribution in [0.15, 0.2) is 12.7 Å². The Balaban J connectivity index is 2.05. The first-order valence-corrected chi connectivity index (χ1v) is 6.96. The minimum absolute atomic E-state index is 0.117. The number of hydrogen-bond acceptors (Lipinski definition) is 4. The summed E-state index contributed by atoms with van der Waals surface area (Å²) in [6.45, 7) is 2.90. The number of hydrogen-bond donors (Lipinski definition) is 1. The molecule has 1 atom stereocenters. The molecular formula is C13H20N4O3. The zero-order valence-electron chi connectivity index (χ0n) is 11.7. The standard InChI is InChI=1S/C13H20N4O3/c1-2-5-13(12(19)20)6-3-7-17(13)11(18)4-8-16-10-14-9-15-16/h9-10H,2-8H2,1H3,(H,19,20). The summed E-state index contributed by atoms with van der Waals surface area (Å²) >= 11 is 0. The van der Waals surface area contributed by atoms with Crippen LogP contribution in [0.5, 0.6) is 0 Å². The first kappa shape index (κ1) is 14.5. The summed E-state index contributed by atoms with van der Waals surface area (Å²) in [7, 11) is 0. The predicted octanol–water partition coefficient (Wildman–Crippen LogP) is 0.914. The van der Waals surface area contributed by atoms with Crippen LogP contribution in [0.25, 0.3) is 0 Å². The lowest BCUT2D eigenvalue weighted by Crippen LogP contribution is -2.53. The van der Waals surface area contributed by atoms with E-state index in [1.165, 1.54) is 6.33 Å². The van der Waals surface area contributed by atoms with Crippen molar-refractivity contribution in [3.8, 4) is 0 Å². The lowest BCUT2D eigenvalue weighted by molar-refractivity contribution is -0.157.